The van der Waals surface area contributed by atoms with Crippen LogP contribution in [0.5, 0.6) is 0 Å². The zero-order chi connectivity index (χ0) is 9.30. The monoisotopic (exact) mass is 204 g/mol. The van der Waals surface area contributed by atoms with Gasteiger partial charge in [0, 0.05) is 5.56 Å². The number of hydrogen-bond donors (Lipinski definition) is 1. The van der Waals surface area contributed by atoms with Crippen molar-refractivity contribution in [3.63, 3.8) is 0 Å². The fourth-order valence-corrected chi connectivity index (χ4v) is 1.26. The maximum absolute atomic E-state index is 10.5. The Balaban J connectivity index is 3.51. The fourth-order valence-electron chi connectivity index (χ4n) is 0.755. The van der Waals surface area contributed by atoms with E-state index >= 15 is 0 Å². The number of aromatic nitrogens is 1. The van der Waals surface area contributed by atoms with Crippen molar-refractivity contribution in [1.82, 2.24) is 4.98 Å². The molecule has 0 unspecified atom stereocenters. The Morgan fingerprint density at radius 3 is 2.58 bits per heavy atom. The van der Waals surface area contributed by atoms with Crippen LogP contribution in [0.4, 0.5) is 5.82 Å². The number of anilines is 1. The van der Waals surface area contributed by atoms with Gasteiger partial charge in [-0.25, -0.2) is 4.98 Å². The third kappa shape index (κ3) is 1.38. The van der Waals surface area contributed by atoms with Crippen LogP contribution >= 0.6 is 23.2 Å². The summed E-state index contributed by atoms with van der Waals surface area (Å²) in [4.78, 5) is 14.2. The van der Waals surface area contributed by atoms with Crippen LogP contribution in [-0.2, 0) is 0 Å². The van der Waals surface area contributed by atoms with Crippen molar-refractivity contribution in [3.05, 3.63) is 21.3 Å². The van der Waals surface area contributed by atoms with Crippen LogP contribution in [0, 0.1) is 6.92 Å². The summed E-state index contributed by atoms with van der Waals surface area (Å²) in [6.45, 7) is 1.67. The van der Waals surface area contributed by atoms with Gasteiger partial charge >= 0.3 is 0 Å². The van der Waals surface area contributed by atoms with E-state index in [1.54, 1.807) is 6.92 Å². The second-order valence-corrected chi connectivity index (χ2v) is 2.99. The Morgan fingerprint density at radius 2 is 2.08 bits per heavy atom. The molecule has 0 aliphatic rings. The third-order valence-corrected chi connectivity index (χ3v) is 2.28. The van der Waals surface area contributed by atoms with Crippen LogP contribution < -0.4 is 5.73 Å². The van der Waals surface area contributed by atoms with Crippen LogP contribution in [0.2, 0.25) is 10.2 Å². The molecular formula is C7H6Cl2N2O. The second-order valence-electron chi connectivity index (χ2n) is 2.26. The lowest BCUT2D eigenvalue weighted by atomic mass is 10.2. The van der Waals surface area contributed by atoms with Gasteiger partial charge in [-0.1, -0.05) is 23.2 Å². The predicted octanol–water partition coefficient (Wildman–Crippen LogP) is 2.09. The molecule has 0 aliphatic heterocycles. The Bertz CT molecular complexity index is 339. The summed E-state index contributed by atoms with van der Waals surface area (Å²) in [7, 11) is 0. The highest BCUT2D eigenvalue weighted by atomic mass is 35.5. The lowest BCUT2D eigenvalue weighted by Crippen LogP contribution is -1.99. The molecule has 0 spiro atoms. The molecule has 0 saturated heterocycles. The number of carbonyl (C=O) groups is 1. The van der Waals surface area contributed by atoms with E-state index in [1.165, 1.54) is 0 Å². The summed E-state index contributed by atoms with van der Waals surface area (Å²) in [6.07, 6.45) is 0.560. The van der Waals surface area contributed by atoms with Crippen molar-refractivity contribution < 1.29 is 4.79 Å². The minimum absolute atomic E-state index is 0.0399. The van der Waals surface area contributed by atoms with Crippen molar-refractivity contribution in [2.24, 2.45) is 0 Å². The molecule has 2 N–H and O–H groups in total. The largest absolute Gasteiger partial charge is 0.383 e. The normalized spacial score (nSPS) is 9.92. The molecule has 12 heavy (non-hydrogen) atoms. The average Bonchev–Trinajstić information content (AvgIpc) is 2.01. The van der Waals surface area contributed by atoms with Gasteiger partial charge in [0.15, 0.2) is 6.29 Å². The van der Waals surface area contributed by atoms with Gasteiger partial charge in [0.1, 0.15) is 11.0 Å². The SMILES string of the molecule is Cc1c(N)nc(Cl)c(C=O)c1Cl. The highest BCUT2D eigenvalue weighted by Crippen LogP contribution is 2.27. The molecule has 1 rings (SSSR count). The molecule has 0 radical (unpaired) electrons. The molecule has 0 aliphatic carbocycles. The summed E-state index contributed by atoms with van der Waals surface area (Å²) in [5, 5.41) is 0.306. The van der Waals surface area contributed by atoms with Crippen molar-refractivity contribution in [3.8, 4) is 0 Å². The number of aldehydes is 1. The summed E-state index contributed by atoms with van der Waals surface area (Å²) < 4.78 is 0. The zero-order valence-electron chi connectivity index (χ0n) is 6.27. The Kier molecular flexibility index (Phi) is 2.55. The van der Waals surface area contributed by atoms with Gasteiger partial charge in [0.2, 0.25) is 0 Å². The molecule has 0 bridgehead atoms. The van der Waals surface area contributed by atoms with E-state index in [1.807, 2.05) is 0 Å². The maximum atomic E-state index is 10.5. The Morgan fingerprint density at radius 1 is 1.50 bits per heavy atom. The van der Waals surface area contributed by atoms with E-state index in [9.17, 15) is 4.79 Å². The van der Waals surface area contributed by atoms with Gasteiger partial charge in [-0.15, -0.1) is 0 Å². The summed E-state index contributed by atoms with van der Waals surface area (Å²) in [6, 6.07) is 0. The number of halogens is 2. The number of pyridine rings is 1. The molecule has 1 heterocycles. The first-order chi connectivity index (χ1) is 5.57. The molecular weight excluding hydrogens is 199 g/mol. The fraction of sp³-hybridized carbons (Fsp3) is 0.143. The minimum atomic E-state index is 0.0399. The Labute approximate surface area is 79.5 Å². The molecule has 5 heteroatoms. The molecule has 0 fully saturated rings. The van der Waals surface area contributed by atoms with Crippen molar-refractivity contribution in [1.29, 1.82) is 0 Å². The lowest BCUT2D eigenvalue weighted by Gasteiger charge is -2.05. The first-order valence-corrected chi connectivity index (χ1v) is 3.89. The first-order valence-electron chi connectivity index (χ1n) is 3.14. The average molecular weight is 205 g/mol. The van der Waals surface area contributed by atoms with E-state index in [4.69, 9.17) is 28.9 Å². The summed E-state index contributed by atoms with van der Waals surface area (Å²) in [5.41, 5.74) is 6.21. The molecule has 64 valence electrons. The van der Waals surface area contributed by atoms with E-state index < -0.39 is 0 Å². The first kappa shape index (κ1) is 9.29. The van der Waals surface area contributed by atoms with E-state index in [2.05, 4.69) is 4.98 Å². The zero-order valence-corrected chi connectivity index (χ0v) is 7.78. The van der Waals surface area contributed by atoms with Crippen LogP contribution in [0.3, 0.4) is 0 Å². The number of hydrogen-bond acceptors (Lipinski definition) is 3. The third-order valence-electron chi connectivity index (χ3n) is 1.51. The standard InChI is InChI=1S/C7H6Cl2N2O/c1-3-5(8)4(2-12)6(9)11-7(3)10/h2H,1H3,(H2,10,11). The van der Waals surface area contributed by atoms with Crippen molar-refractivity contribution >= 4 is 35.3 Å². The van der Waals surface area contributed by atoms with Crippen molar-refractivity contribution in [2.45, 2.75) is 6.92 Å². The van der Waals surface area contributed by atoms with Gasteiger partial charge in [-0.3, -0.25) is 4.79 Å². The summed E-state index contributed by atoms with van der Waals surface area (Å²) >= 11 is 11.4. The van der Waals surface area contributed by atoms with Gasteiger partial charge < -0.3 is 5.73 Å². The van der Waals surface area contributed by atoms with E-state index in [-0.39, 0.29) is 21.6 Å². The molecule has 1 aromatic rings. The van der Waals surface area contributed by atoms with Crippen molar-refractivity contribution in [2.75, 3.05) is 5.73 Å². The smallest absolute Gasteiger partial charge is 0.154 e. The molecule has 0 saturated carbocycles. The van der Waals surface area contributed by atoms with E-state index in [0.29, 0.717) is 11.8 Å². The number of rotatable bonds is 1. The molecule has 3 nitrogen and oxygen atoms in total. The minimum Gasteiger partial charge on any atom is -0.383 e. The van der Waals surface area contributed by atoms with Gasteiger partial charge in [0.05, 0.1) is 10.6 Å². The molecule has 0 amide bonds. The quantitative estimate of drug-likeness (QED) is 0.564. The highest BCUT2D eigenvalue weighted by Gasteiger charge is 2.11. The van der Waals surface area contributed by atoms with Crippen LogP contribution in [0.25, 0.3) is 0 Å². The molecule has 1 aromatic heterocycles. The number of carbonyl (C=O) groups excluding carboxylic acids is 1. The van der Waals surface area contributed by atoms with Crippen LogP contribution in [0.15, 0.2) is 0 Å². The number of nitrogens with zero attached hydrogens (tertiary/aromatic N) is 1. The van der Waals surface area contributed by atoms with Crippen LogP contribution in [0.1, 0.15) is 15.9 Å². The predicted molar refractivity (Wildman–Crippen MR) is 48.8 cm³/mol. The van der Waals surface area contributed by atoms with Gasteiger partial charge in [-0.05, 0) is 6.92 Å². The lowest BCUT2D eigenvalue weighted by molar-refractivity contribution is 0.112. The molecule has 0 aromatic carbocycles. The summed E-state index contributed by atoms with van der Waals surface area (Å²) in [5.74, 6) is 0.246. The maximum Gasteiger partial charge on any atom is 0.154 e. The van der Waals surface area contributed by atoms with Gasteiger partial charge in [-0.2, -0.15) is 0 Å². The van der Waals surface area contributed by atoms with Crippen LogP contribution in [-0.4, -0.2) is 11.3 Å². The Hall–Kier alpha value is -0.800. The number of nitrogens with two attached hydrogens (primary N) is 1. The molecule has 0 atom stereocenters. The second kappa shape index (κ2) is 3.29. The number of nitrogen functional groups attached to an aromatic ring is 1. The van der Waals surface area contributed by atoms with E-state index in [0.717, 1.165) is 0 Å². The van der Waals surface area contributed by atoms with Gasteiger partial charge in [0.25, 0.3) is 0 Å². The highest BCUT2D eigenvalue weighted by molar-refractivity contribution is 6.38. The topological polar surface area (TPSA) is 56.0 Å².